The highest BCUT2D eigenvalue weighted by Crippen LogP contribution is 2.28. The molecule has 1 aliphatic rings. The molecule has 0 spiro atoms. The van der Waals surface area contributed by atoms with Crippen LogP contribution in [-0.4, -0.2) is 43.7 Å². The van der Waals surface area contributed by atoms with Crippen LogP contribution in [0.3, 0.4) is 0 Å². The molecule has 0 aliphatic carbocycles. The van der Waals surface area contributed by atoms with E-state index in [9.17, 15) is 4.79 Å². The maximum absolute atomic E-state index is 12.4. The number of fused-ring (bicyclic) bond motifs is 1. The molecule has 4 rings (SSSR count). The number of nitrogens with zero attached hydrogens (tertiary/aromatic N) is 5. The number of hydrogen-bond donors (Lipinski definition) is 0. The van der Waals surface area contributed by atoms with E-state index < -0.39 is 0 Å². The van der Waals surface area contributed by atoms with Crippen molar-refractivity contribution in [3.8, 4) is 10.6 Å². The smallest absolute Gasteiger partial charge is 0.234 e. The van der Waals surface area contributed by atoms with Crippen molar-refractivity contribution in [2.45, 2.75) is 19.3 Å². The number of hydrogen-bond acceptors (Lipinski definition) is 5. The second-order valence-electron chi connectivity index (χ2n) is 5.39. The van der Waals surface area contributed by atoms with E-state index in [1.54, 1.807) is 10.8 Å². The Morgan fingerprint density at radius 3 is 2.86 bits per heavy atom. The van der Waals surface area contributed by atoms with Crippen molar-refractivity contribution in [2.75, 3.05) is 13.1 Å². The van der Waals surface area contributed by atoms with E-state index in [2.05, 4.69) is 15.3 Å². The van der Waals surface area contributed by atoms with E-state index in [-0.39, 0.29) is 5.91 Å². The molecule has 7 heteroatoms. The minimum Gasteiger partial charge on any atom is -0.342 e. The summed E-state index contributed by atoms with van der Waals surface area (Å²) in [5, 5.41) is 13.2. The highest BCUT2D eigenvalue weighted by atomic mass is 32.1. The van der Waals surface area contributed by atoms with Crippen LogP contribution < -0.4 is 0 Å². The first-order chi connectivity index (χ1) is 10.8. The molecule has 1 saturated heterocycles. The predicted octanol–water partition coefficient (Wildman–Crippen LogP) is 2.02. The van der Waals surface area contributed by atoms with Crippen molar-refractivity contribution >= 4 is 22.2 Å². The van der Waals surface area contributed by atoms with Gasteiger partial charge in [0.05, 0.1) is 6.42 Å². The number of likely N-dealkylation sites (tertiary alicyclic amines) is 1. The number of carbonyl (C=O) groups excluding carboxylic acids is 1. The van der Waals surface area contributed by atoms with Crippen molar-refractivity contribution in [2.24, 2.45) is 0 Å². The van der Waals surface area contributed by atoms with Crippen molar-refractivity contribution < 1.29 is 4.79 Å². The fourth-order valence-electron chi connectivity index (χ4n) is 2.79. The highest BCUT2D eigenvalue weighted by molar-refractivity contribution is 7.19. The average molecular weight is 313 g/mol. The van der Waals surface area contributed by atoms with Crippen molar-refractivity contribution in [1.29, 1.82) is 0 Å². The Labute approximate surface area is 131 Å². The Balaban J connectivity index is 1.65. The quantitative estimate of drug-likeness (QED) is 0.742. The molecule has 0 radical (unpaired) electrons. The zero-order valence-corrected chi connectivity index (χ0v) is 12.8. The first-order valence-corrected chi connectivity index (χ1v) is 8.16. The Kier molecular flexibility index (Phi) is 3.34. The summed E-state index contributed by atoms with van der Waals surface area (Å²) in [7, 11) is 0. The molecule has 2 aromatic heterocycles. The molecule has 112 valence electrons. The highest BCUT2D eigenvalue weighted by Gasteiger charge is 2.20. The van der Waals surface area contributed by atoms with Crippen LogP contribution in [0, 0.1) is 0 Å². The summed E-state index contributed by atoms with van der Waals surface area (Å²) >= 11 is 1.48. The second-order valence-corrected chi connectivity index (χ2v) is 6.34. The number of aromatic nitrogens is 4. The molecule has 0 N–H and O–H groups in total. The van der Waals surface area contributed by atoms with Gasteiger partial charge in [-0.3, -0.25) is 4.79 Å². The van der Waals surface area contributed by atoms with Gasteiger partial charge in [-0.15, -0.1) is 10.2 Å². The Hall–Kier alpha value is -2.28. The minimum absolute atomic E-state index is 0.202. The molecule has 1 amide bonds. The topological polar surface area (TPSA) is 63.4 Å². The molecule has 1 aromatic carbocycles. The van der Waals surface area contributed by atoms with Crippen LogP contribution in [0.15, 0.2) is 30.6 Å². The number of carbonyl (C=O) groups is 1. The summed E-state index contributed by atoms with van der Waals surface area (Å²) in [6.45, 7) is 1.77. The van der Waals surface area contributed by atoms with Gasteiger partial charge in [0.25, 0.3) is 0 Å². The largest absolute Gasteiger partial charge is 0.342 e. The van der Waals surface area contributed by atoms with Gasteiger partial charge in [-0.2, -0.15) is 9.61 Å². The summed E-state index contributed by atoms with van der Waals surface area (Å²) in [5.74, 6) is 0.202. The van der Waals surface area contributed by atoms with Gasteiger partial charge in [-0.25, -0.2) is 0 Å². The lowest BCUT2D eigenvalue weighted by atomic mass is 10.0. The summed E-state index contributed by atoms with van der Waals surface area (Å²) in [4.78, 5) is 15.1. The van der Waals surface area contributed by atoms with Crippen LogP contribution in [0.5, 0.6) is 0 Å². The number of benzene rings is 1. The van der Waals surface area contributed by atoms with E-state index in [1.165, 1.54) is 11.3 Å². The third-order valence-electron chi connectivity index (χ3n) is 3.94. The van der Waals surface area contributed by atoms with Crippen molar-refractivity contribution in [3.05, 3.63) is 36.2 Å². The fraction of sp³-hybridized carbons (Fsp3) is 0.333. The van der Waals surface area contributed by atoms with Gasteiger partial charge in [-0.1, -0.05) is 35.6 Å². The van der Waals surface area contributed by atoms with Gasteiger partial charge in [0.2, 0.25) is 10.9 Å². The molecule has 3 aromatic rings. The second kappa shape index (κ2) is 5.49. The minimum atomic E-state index is 0.202. The first-order valence-electron chi connectivity index (χ1n) is 7.34. The Morgan fingerprint density at radius 2 is 2.05 bits per heavy atom. The summed E-state index contributed by atoms with van der Waals surface area (Å²) in [5.41, 5.74) is 2.02. The van der Waals surface area contributed by atoms with Gasteiger partial charge in [0, 0.05) is 18.7 Å². The normalized spacial score (nSPS) is 14.8. The summed E-state index contributed by atoms with van der Waals surface area (Å²) in [6, 6.07) is 7.96. The van der Waals surface area contributed by atoms with E-state index in [0.717, 1.165) is 47.0 Å². The van der Waals surface area contributed by atoms with Gasteiger partial charge in [0.1, 0.15) is 11.3 Å². The van der Waals surface area contributed by atoms with E-state index in [0.29, 0.717) is 6.42 Å². The standard InChI is InChI=1S/C15H15N5OS/c21-13(19-7-3-4-8-19)9-11-5-1-2-6-12(11)14-18-20-10-16-17-15(20)22-14/h1-2,5-6,10H,3-4,7-9H2. The third kappa shape index (κ3) is 2.37. The summed E-state index contributed by atoms with van der Waals surface area (Å²) < 4.78 is 1.67. The lowest BCUT2D eigenvalue weighted by molar-refractivity contribution is -0.129. The third-order valence-corrected chi connectivity index (χ3v) is 4.88. The van der Waals surface area contributed by atoms with Crippen LogP contribution in [0.4, 0.5) is 0 Å². The van der Waals surface area contributed by atoms with Gasteiger partial charge >= 0.3 is 0 Å². The average Bonchev–Trinajstić information content (AvgIpc) is 3.24. The SMILES string of the molecule is O=C(Cc1ccccc1-c1nn2cnnc2s1)N1CCCC1. The maximum atomic E-state index is 12.4. The predicted molar refractivity (Wildman–Crippen MR) is 83.6 cm³/mol. The maximum Gasteiger partial charge on any atom is 0.234 e. The van der Waals surface area contributed by atoms with E-state index >= 15 is 0 Å². The van der Waals surface area contributed by atoms with Crippen LogP contribution in [0.1, 0.15) is 18.4 Å². The monoisotopic (exact) mass is 313 g/mol. The molecule has 0 bridgehead atoms. The molecule has 0 saturated carbocycles. The lowest BCUT2D eigenvalue weighted by Gasteiger charge is -2.16. The molecule has 1 fully saturated rings. The fourth-order valence-corrected chi connectivity index (χ4v) is 3.67. The van der Waals surface area contributed by atoms with Crippen molar-refractivity contribution in [3.63, 3.8) is 0 Å². The zero-order chi connectivity index (χ0) is 14.9. The Bertz CT molecular complexity index is 790. The first kappa shape index (κ1) is 13.4. The number of rotatable bonds is 3. The molecular formula is C15H15N5OS. The lowest BCUT2D eigenvalue weighted by Crippen LogP contribution is -2.29. The van der Waals surface area contributed by atoms with Crippen LogP contribution in [0.2, 0.25) is 0 Å². The number of amides is 1. The van der Waals surface area contributed by atoms with Crippen LogP contribution in [0.25, 0.3) is 15.5 Å². The molecule has 1 aliphatic heterocycles. The van der Waals surface area contributed by atoms with Gasteiger partial charge in [-0.05, 0) is 18.4 Å². The Morgan fingerprint density at radius 1 is 1.23 bits per heavy atom. The van der Waals surface area contributed by atoms with Crippen LogP contribution in [-0.2, 0) is 11.2 Å². The molecule has 3 heterocycles. The molecular weight excluding hydrogens is 298 g/mol. The van der Waals surface area contributed by atoms with E-state index in [1.807, 2.05) is 29.2 Å². The molecule has 0 atom stereocenters. The summed E-state index contributed by atoms with van der Waals surface area (Å²) in [6.07, 6.45) is 4.25. The van der Waals surface area contributed by atoms with Crippen molar-refractivity contribution in [1.82, 2.24) is 24.7 Å². The van der Waals surface area contributed by atoms with E-state index in [4.69, 9.17) is 0 Å². The molecule has 0 unspecified atom stereocenters. The van der Waals surface area contributed by atoms with Crippen LogP contribution >= 0.6 is 11.3 Å². The molecule has 6 nitrogen and oxygen atoms in total. The van der Waals surface area contributed by atoms with Gasteiger partial charge < -0.3 is 4.90 Å². The zero-order valence-electron chi connectivity index (χ0n) is 12.0. The van der Waals surface area contributed by atoms with Gasteiger partial charge in [0.15, 0.2) is 0 Å². The molecule has 22 heavy (non-hydrogen) atoms.